The average Bonchev–Trinajstić information content (AvgIpc) is 3.86. The fourth-order valence-electron chi connectivity index (χ4n) is 11.4. The van der Waals surface area contributed by atoms with Crippen molar-refractivity contribution in [2.45, 2.75) is 140 Å². The second kappa shape index (κ2) is 18.0. The topological polar surface area (TPSA) is 102 Å². The second-order valence-corrected chi connectivity index (χ2v) is 26.3. The highest BCUT2D eigenvalue weighted by atomic mass is 35.5. The van der Waals surface area contributed by atoms with Gasteiger partial charge in [0, 0.05) is 44.1 Å². The molecule has 6 heterocycles. The number of aromatic nitrogens is 3. The molecule has 16 heteroatoms. The Morgan fingerprint density at radius 2 is 1.66 bits per heavy atom. The summed E-state index contributed by atoms with van der Waals surface area (Å²) in [6.45, 7) is 20.5. The molecule has 0 spiro atoms. The summed E-state index contributed by atoms with van der Waals surface area (Å²) in [5.41, 5.74) is 3.30. The van der Waals surface area contributed by atoms with Crippen LogP contribution in [0.5, 0.6) is 11.8 Å². The van der Waals surface area contributed by atoms with Crippen LogP contribution in [0.1, 0.15) is 100.0 Å². The molecule has 0 N–H and O–H groups in total. The van der Waals surface area contributed by atoms with Gasteiger partial charge in [-0.1, -0.05) is 65.1 Å². The average molecular weight is 936 g/mol. The molecule has 4 atom stereocenters. The molecule has 0 radical (unpaired) electrons. The van der Waals surface area contributed by atoms with Gasteiger partial charge < -0.3 is 23.8 Å². The first kappa shape index (κ1) is 47.1. The first-order chi connectivity index (χ1) is 30.8. The van der Waals surface area contributed by atoms with E-state index in [1.807, 2.05) is 30.6 Å². The quantitative estimate of drug-likeness (QED) is 0.0625. The Morgan fingerprint density at radius 3 is 2.31 bits per heavy atom. The number of carbonyl (C=O) groups is 1. The zero-order valence-corrected chi connectivity index (χ0v) is 41.0. The van der Waals surface area contributed by atoms with Crippen molar-refractivity contribution in [3.05, 3.63) is 46.6 Å². The normalized spacial score (nSPS) is 22.4. The Bertz CT molecular complexity index is 2510. The van der Waals surface area contributed by atoms with E-state index in [1.165, 1.54) is 13.2 Å². The highest BCUT2D eigenvalue weighted by Crippen LogP contribution is 2.45. The smallest absolute Gasteiger partial charge is 0.410 e. The zero-order valence-electron chi connectivity index (χ0n) is 39.3. The number of ether oxygens (including phenoxy) is 4. The van der Waals surface area contributed by atoms with Gasteiger partial charge in [-0.15, -0.1) is 5.54 Å². The van der Waals surface area contributed by atoms with Crippen LogP contribution < -0.4 is 14.4 Å². The number of anilines is 1. The lowest BCUT2D eigenvalue weighted by Gasteiger charge is -2.42. The van der Waals surface area contributed by atoms with Crippen LogP contribution in [0.3, 0.4) is 0 Å². The fraction of sp³-hybridized carbons (Fsp3) is 0.592. The SMILES string of the molecule is COCOc1cc(-c2nc(Cl)c3c(N4C[C@H]5CC[C@@H](C4)N5C(=O)OC(C)(C)C)nc(OC[C@@]45CCCN4C[C@H](F)C5)nc3c2F)c2c(C#C[Si](C(C)C)(C(C)C)C(C)C)c(F)ccc2c1. The second-order valence-electron chi connectivity index (χ2n) is 20.3. The predicted molar refractivity (Wildman–Crippen MR) is 251 cm³/mol. The van der Waals surface area contributed by atoms with Gasteiger partial charge in [0.25, 0.3) is 0 Å². The fourth-order valence-corrected chi connectivity index (χ4v) is 16.9. The van der Waals surface area contributed by atoms with E-state index in [2.05, 4.69) is 57.9 Å². The molecule has 65 heavy (non-hydrogen) atoms. The summed E-state index contributed by atoms with van der Waals surface area (Å²) in [5.74, 6) is 2.58. The number of methoxy groups -OCH3 is 1. The molecule has 2 aromatic heterocycles. The largest absolute Gasteiger partial charge is 0.468 e. The van der Waals surface area contributed by atoms with Crippen LogP contribution in [-0.4, -0.2) is 115 Å². The summed E-state index contributed by atoms with van der Waals surface area (Å²) in [6, 6.07) is 5.82. The van der Waals surface area contributed by atoms with Crippen LogP contribution in [-0.2, 0) is 9.47 Å². The first-order valence-corrected chi connectivity index (χ1v) is 25.6. The Labute approximate surface area is 386 Å². The van der Waals surface area contributed by atoms with Crippen molar-refractivity contribution in [2.75, 3.05) is 51.6 Å². The molecule has 0 aliphatic carbocycles. The van der Waals surface area contributed by atoms with Gasteiger partial charge in [-0.3, -0.25) is 9.80 Å². The predicted octanol–water partition coefficient (Wildman–Crippen LogP) is 10.9. The summed E-state index contributed by atoms with van der Waals surface area (Å²) in [7, 11) is -0.860. The number of piperazine rings is 1. The monoisotopic (exact) mass is 934 g/mol. The van der Waals surface area contributed by atoms with Crippen LogP contribution in [0, 0.1) is 23.1 Å². The number of halogens is 4. The zero-order chi connectivity index (χ0) is 46.7. The Hall–Kier alpha value is -4.36. The minimum atomic E-state index is -2.36. The minimum absolute atomic E-state index is 0.0808. The third-order valence-corrected chi connectivity index (χ3v) is 20.8. The summed E-state index contributed by atoms with van der Waals surface area (Å²) in [5, 5.41) is 0.991. The molecule has 350 valence electrons. The van der Waals surface area contributed by atoms with Crippen molar-refractivity contribution in [1.29, 1.82) is 0 Å². The number of carbonyl (C=O) groups excluding carboxylic acids is 1. The Morgan fingerprint density at radius 1 is 0.969 bits per heavy atom. The number of alkyl halides is 1. The molecule has 0 saturated carbocycles. The van der Waals surface area contributed by atoms with Gasteiger partial charge in [-0.05, 0) is 93.2 Å². The molecule has 4 aliphatic heterocycles. The number of benzene rings is 2. The highest BCUT2D eigenvalue weighted by molar-refractivity contribution is 6.90. The van der Waals surface area contributed by atoms with Gasteiger partial charge in [0.2, 0.25) is 0 Å². The molecular formula is C49H62ClF3N6O5Si. The molecule has 0 unspecified atom stereocenters. The van der Waals surface area contributed by atoms with Crippen molar-refractivity contribution in [3.63, 3.8) is 0 Å². The molecule has 4 fully saturated rings. The maximum Gasteiger partial charge on any atom is 0.410 e. The number of hydrogen-bond acceptors (Lipinski definition) is 10. The molecular weight excluding hydrogens is 873 g/mol. The maximum absolute atomic E-state index is 18.0. The van der Waals surface area contributed by atoms with E-state index in [0.29, 0.717) is 48.4 Å². The van der Waals surface area contributed by atoms with E-state index in [4.69, 9.17) is 45.5 Å². The van der Waals surface area contributed by atoms with Gasteiger partial charge >= 0.3 is 12.1 Å². The number of hydrogen-bond donors (Lipinski definition) is 0. The lowest BCUT2D eigenvalue weighted by atomic mass is 9.95. The summed E-state index contributed by atoms with van der Waals surface area (Å²) in [6.07, 6.45) is 2.11. The summed E-state index contributed by atoms with van der Waals surface area (Å²) in [4.78, 5) is 33.8. The van der Waals surface area contributed by atoms with E-state index >= 15 is 8.78 Å². The number of fused-ring (bicyclic) bond motifs is 5. The molecule has 2 aromatic carbocycles. The number of amides is 1. The maximum atomic E-state index is 18.0. The molecule has 8 rings (SSSR count). The van der Waals surface area contributed by atoms with E-state index in [-0.39, 0.29) is 87.1 Å². The molecule has 4 aliphatic rings. The van der Waals surface area contributed by atoms with Gasteiger partial charge in [-0.25, -0.2) is 22.9 Å². The molecule has 4 saturated heterocycles. The third-order valence-electron chi connectivity index (χ3n) is 14.2. The molecule has 1 amide bonds. The van der Waals surface area contributed by atoms with E-state index < -0.39 is 37.0 Å². The van der Waals surface area contributed by atoms with Crippen LogP contribution in [0.2, 0.25) is 21.8 Å². The van der Waals surface area contributed by atoms with Crippen molar-refractivity contribution in [1.82, 2.24) is 24.8 Å². The van der Waals surface area contributed by atoms with Crippen molar-refractivity contribution in [3.8, 4) is 34.5 Å². The Kier molecular flexibility index (Phi) is 13.1. The lowest BCUT2D eigenvalue weighted by Crippen LogP contribution is -2.57. The summed E-state index contributed by atoms with van der Waals surface area (Å²) >= 11 is 7.23. The van der Waals surface area contributed by atoms with Crippen LogP contribution in [0.15, 0.2) is 24.3 Å². The van der Waals surface area contributed by atoms with E-state index in [0.717, 1.165) is 32.2 Å². The third kappa shape index (κ3) is 8.73. The molecule has 4 aromatic rings. The van der Waals surface area contributed by atoms with Gasteiger partial charge in [-0.2, -0.15) is 9.97 Å². The number of nitrogens with zero attached hydrogens (tertiary/aromatic N) is 6. The molecule has 11 nitrogen and oxygen atoms in total. The number of pyridine rings is 1. The van der Waals surface area contributed by atoms with E-state index in [9.17, 15) is 9.18 Å². The Balaban J connectivity index is 1.31. The van der Waals surface area contributed by atoms with Crippen LogP contribution >= 0.6 is 11.6 Å². The van der Waals surface area contributed by atoms with Gasteiger partial charge in [0.1, 0.15) is 60.2 Å². The van der Waals surface area contributed by atoms with Crippen LogP contribution in [0.25, 0.3) is 32.9 Å². The highest BCUT2D eigenvalue weighted by Gasteiger charge is 2.50. The lowest BCUT2D eigenvalue weighted by molar-refractivity contribution is 0.0122. The summed E-state index contributed by atoms with van der Waals surface area (Å²) < 4.78 is 72.7. The van der Waals surface area contributed by atoms with Crippen molar-refractivity contribution in [2.24, 2.45) is 0 Å². The first-order valence-electron chi connectivity index (χ1n) is 23.0. The van der Waals surface area contributed by atoms with E-state index in [1.54, 1.807) is 18.2 Å². The van der Waals surface area contributed by atoms with Crippen molar-refractivity contribution < 1.29 is 36.9 Å². The van der Waals surface area contributed by atoms with Crippen molar-refractivity contribution >= 4 is 53.3 Å². The molecule has 2 bridgehead atoms. The van der Waals surface area contributed by atoms with Gasteiger partial charge in [0.15, 0.2) is 12.6 Å². The van der Waals surface area contributed by atoms with Gasteiger partial charge in [0.05, 0.1) is 28.6 Å². The number of rotatable bonds is 11. The standard InChI is InChI=1S/C49H62ClF3N6O5Si/c1-28(2)65(29(3)4,30(5)6)19-16-36-38(52)15-12-31-20-35(63-27-61-10)21-37(39(31)36)42-41(53)43-40(44(50)54-42)45(56-46(55-43)62-26-49-17-11-18-58(49)23-32(51)22-49)57-24-33-13-14-34(25-57)59(33)47(60)64-48(7,8)9/h12,15,20-21,28-30,32-34H,11,13-14,17-18,22-27H2,1-10H3/t32-,33-,34+,49+/m1/s1. The van der Waals surface area contributed by atoms with Crippen LogP contribution in [0.4, 0.5) is 23.8 Å². The minimum Gasteiger partial charge on any atom is -0.468 e.